The molecule has 0 amide bonds. The van der Waals surface area contributed by atoms with E-state index in [1.807, 2.05) is 30.3 Å². The Kier molecular flexibility index (Phi) is 4.12. The Bertz CT molecular complexity index is 481. The number of benzene rings is 1. The van der Waals surface area contributed by atoms with Crippen LogP contribution in [0, 0.1) is 0 Å². The van der Waals surface area contributed by atoms with Crippen molar-refractivity contribution in [2.24, 2.45) is 0 Å². The molecule has 1 aromatic carbocycles. The van der Waals surface area contributed by atoms with Gasteiger partial charge in [0.2, 0.25) is 0 Å². The molecule has 0 bridgehead atoms. The molecule has 18 heavy (non-hydrogen) atoms. The van der Waals surface area contributed by atoms with E-state index in [1.54, 1.807) is 6.26 Å². The van der Waals surface area contributed by atoms with Crippen molar-refractivity contribution in [3.63, 3.8) is 0 Å². The molecule has 0 radical (unpaired) electrons. The molecule has 4 nitrogen and oxygen atoms in total. The zero-order chi connectivity index (χ0) is 12.8. The fourth-order valence-corrected chi connectivity index (χ4v) is 1.63. The number of hydrogen-bond donors (Lipinski definition) is 2. The average molecular weight is 246 g/mol. The van der Waals surface area contributed by atoms with Gasteiger partial charge in [-0.2, -0.15) is 0 Å². The minimum Gasteiger partial charge on any atom is -0.491 e. The molecule has 0 saturated carbocycles. The Hall–Kier alpha value is -2.10. The molecular formula is C14H18N2O2. The molecule has 0 aliphatic heterocycles. The number of anilines is 2. The van der Waals surface area contributed by atoms with Gasteiger partial charge in [0.15, 0.2) is 0 Å². The molecule has 0 saturated heterocycles. The summed E-state index contributed by atoms with van der Waals surface area (Å²) in [5.41, 5.74) is 7.54. The maximum absolute atomic E-state index is 6.05. The Morgan fingerprint density at radius 1 is 1.28 bits per heavy atom. The van der Waals surface area contributed by atoms with Crippen molar-refractivity contribution in [2.45, 2.75) is 19.9 Å². The van der Waals surface area contributed by atoms with Gasteiger partial charge in [-0.25, -0.2) is 0 Å². The second-order valence-corrected chi connectivity index (χ2v) is 4.00. The number of nitrogen functional groups attached to an aromatic ring is 1. The van der Waals surface area contributed by atoms with E-state index >= 15 is 0 Å². The molecule has 0 atom stereocenters. The largest absolute Gasteiger partial charge is 0.491 e. The van der Waals surface area contributed by atoms with Gasteiger partial charge < -0.3 is 20.2 Å². The number of furan rings is 1. The maximum Gasteiger partial charge on any atom is 0.144 e. The fraction of sp³-hybridized carbons (Fsp3) is 0.286. The monoisotopic (exact) mass is 246 g/mol. The summed E-state index contributed by atoms with van der Waals surface area (Å²) >= 11 is 0. The molecule has 0 aliphatic rings. The molecular weight excluding hydrogens is 228 g/mol. The van der Waals surface area contributed by atoms with Crippen molar-refractivity contribution < 1.29 is 9.15 Å². The first-order valence-corrected chi connectivity index (χ1v) is 6.08. The normalized spacial score (nSPS) is 10.3. The van der Waals surface area contributed by atoms with Gasteiger partial charge in [-0.3, -0.25) is 0 Å². The fourth-order valence-electron chi connectivity index (χ4n) is 1.63. The number of hydrogen-bond acceptors (Lipinski definition) is 4. The van der Waals surface area contributed by atoms with Gasteiger partial charge in [-0.05, 0) is 30.7 Å². The molecule has 0 spiro atoms. The number of ether oxygens (including phenoxy) is 1. The van der Waals surface area contributed by atoms with Gasteiger partial charge in [0.05, 0.1) is 30.8 Å². The zero-order valence-corrected chi connectivity index (χ0v) is 10.5. The third-order valence-electron chi connectivity index (χ3n) is 2.56. The first kappa shape index (κ1) is 12.4. The Balaban J connectivity index is 2.03. The lowest BCUT2D eigenvalue weighted by molar-refractivity contribution is 0.319. The summed E-state index contributed by atoms with van der Waals surface area (Å²) in [6, 6.07) is 9.51. The van der Waals surface area contributed by atoms with Crippen LogP contribution in [0.5, 0.6) is 5.75 Å². The molecule has 2 aromatic rings. The van der Waals surface area contributed by atoms with Crippen LogP contribution in [-0.4, -0.2) is 6.61 Å². The van der Waals surface area contributed by atoms with Crippen LogP contribution in [-0.2, 0) is 6.54 Å². The van der Waals surface area contributed by atoms with Crippen molar-refractivity contribution >= 4 is 11.4 Å². The maximum atomic E-state index is 6.05. The highest BCUT2D eigenvalue weighted by atomic mass is 16.5. The average Bonchev–Trinajstić information content (AvgIpc) is 2.89. The van der Waals surface area contributed by atoms with Crippen molar-refractivity contribution in [2.75, 3.05) is 17.7 Å². The predicted molar refractivity (Wildman–Crippen MR) is 72.7 cm³/mol. The molecule has 1 aromatic heterocycles. The topological polar surface area (TPSA) is 60.4 Å². The Morgan fingerprint density at radius 3 is 2.89 bits per heavy atom. The van der Waals surface area contributed by atoms with E-state index in [0.717, 1.165) is 23.6 Å². The molecule has 0 fully saturated rings. The summed E-state index contributed by atoms with van der Waals surface area (Å²) in [5, 5.41) is 3.23. The smallest absolute Gasteiger partial charge is 0.144 e. The lowest BCUT2D eigenvalue weighted by Crippen LogP contribution is -2.04. The van der Waals surface area contributed by atoms with Crippen LogP contribution in [0.15, 0.2) is 41.0 Å². The third-order valence-corrected chi connectivity index (χ3v) is 2.56. The number of nitrogens with two attached hydrogens (primary N) is 1. The minimum absolute atomic E-state index is 0.606. The van der Waals surface area contributed by atoms with Crippen molar-refractivity contribution in [3.8, 4) is 5.75 Å². The number of nitrogens with one attached hydrogen (secondary N) is 1. The van der Waals surface area contributed by atoms with E-state index in [2.05, 4.69) is 12.2 Å². The van der Waals surface area contributed by atoms with Crippen molar-refractivity contribution in [1.82, 2.24) is 0 Å². The molecule has 1 heterocycles. The van der Waals surface area contributed by atoms with Crippen LogP contribution in [0.3, 0.4) is 0 Å². The highest BCUT2D eigenvalue weighted by molar-refractivity contribution is 5.72. The molecule has 4 heteroatoms. The highest BCUT2D eigenvalue weighted by Gasteiger charge is 2.06. The lowest BCUT2D eigenvalue weighted by atomic mass is 10.2. The summed E-state index contributed by atoms with van der Waals surface area (Å²) in [5.74, 6) is 1.59. The molecule has 2 rings (SSSR count). The van der Waals surface area contributed by atoms with Crippen molar-refractivity contribution in [3.05, 3.63) is 42.4 Å². The third kappa shape index (κ3) is 2.97. The summed E-state index contributed by atoms with van der Waals surface area (Å²) < 4.78 is 10.8. The van der Waals surface area contributed by atoms with Crippen LogP contribution >= 0.6 is 0 Å². The van der Waals surface area contributed by atoms with Gasteiger partial charge >= 0.3 is 0 Å². The minimum atomic E-state index is 0.606. The predicted octanol–water partition coefficient (Wildman–Crippen LogP) is 3.26. The van der Waals surface area contributed by atoms with E-state index < -0.39 is 0 Å². The SMILES string of the molecule is CCCOc1cccc(NCc2ccco2)c1N. The van der Waals surface area contributed by atoms with E-state index in [-0.39, 0.29) is 0 Å². The van der Waals surface area contributed by atoms with Gasteiger partial charge in [-0.1, -0.05) is 13.0 Å². The molecule has 3 N–H and O–H groups in total. The van der Waals surface area contributed by atoms with Crippen molar-refractivity contribution in [1.29, 1.82) is 0 Å². The van der Waals surface area contributed by atoms with Crippen LogP contribution in [0.4, 0.5) is 11.4 Å². The Labute approximate surface area is 107 Å². The first-order valence-electron chi connectivity index (χ1n) is 6.08. The van der Waals surface area contributed by atoms with Crippen LogP contribution in [0.1, 0.15) is 19.1 Å². The summed E-state index contributed by atoms with van der Waals surface area (Å²) in [6.07, 6.45) is 2.62. The standard InChI is InChI=1S/C14H18N2O2/c1-2-8-18-13-7-3-6-12(14(13)15)16-10-11-5-4-9-17-11/h3-7,9,16H,2,8,10,15H2,1H3. The Morgan fingerprint density at radius 2 is 2.17 bits per heavy atom. The second kappa shape index (κ2) is 6.00. The molecule has 0 aliphatic carbocycles. The van der Waals surface area contributed by atoms with Gasteiger partial charge in [-0.15, -0.1) is 0 Å². The van der Waals surface area contributed by atoms with E-state index in [1.165, 1.54) is 0 Å². The number of rotatable bonds is 6. The van der Waals surface area contributed by atoms with Gasteiger partial charge in [0.1, 0.15) is 11.5 Å². The first-order chi connectivity index (χ1) is 8.81. The van der Waals surface area contributed by atoms with E-state index in [0.29, 0.717) is 18.8 Å². The highest BCUT2D eigenvalue weighted by Crippen LogP contribution is 2.29. The molecule has 96 valence electrons. The van der Waals surface area contributed by atoms with Gasteiger partial charge in [0.25, 0.3) is 0 Å². The summed E-state index contributed by atoms with van der Waals surface area (Å²) in [4.78, 5) is 0. The second-order valence-electron chi connectivity index (χ2n) is 4.00. The number of para-hydroxylation sites is 1. The summed E-state index contributed by atoms with van der Waals surface area (Å²) in [6.45, 7) is 3.34. The zero-order valence-electron chi connectivity index (χ0n) is 10.5. The summed E-state index contributed by atoms with van der Waals surface area (Å²) in [7, 11) is 0. The lowest BCUT2D eigenvalue weighted by Gasteiger charge is -2.12. The van der Waals surface area contributed by atoms with Crippen LogP contribution in [0.25, 0.3) is 0 Å². The van der Waals surface area contributed by atoms with Crippen LogP contribution < -0.4 is 15.8 Å². The molecule has 0 unspecified atom stereocenters. The van der Waals surface area contributed by atoms with E-state index in [9.17, 15) is 0 Å². The quantitative estimate of drug-likeness (QED) is 0.768. The van der Waals surface area contributed by atoms with Gasteiger partial charge in [0, 0.05) is 0 Å². The van der Waals surface area contributed by atoms with E-state index in [4.69, 9.17) is 14.9 Å². The van der Waals surface area contributed by atoms with Crippen LogP contribution in [0.2, 0.25) is 0 Å².